The SMILES string of the molecule is COc1ccc(OC)c(C(C2Sc3nc(C)nn3C2=O)N2CCN(CCO)CC2)c1. The van der Waals surface area contributed by atoms with E-state index >= 15 is 0 Å². The van der Waals surface area contributed by atoms with Crippen LogP contribution in [0.15, 0.2) is 23.4 Å². The van der Waals surface area contributed by atoms with Crippen LogP contribution in [0.25, 0.3) is 0 Å². The van der Waals surface area contributed by atoms with E-state index in [0.29, 0.717) is 17.5 Å². The number of carbonyl (C=O) groups is 1. The van der Waals surface area contributed by atoms with Crippen LogP contribution in [0.3, 0.4) is 0 Å². The van der Waals surface area contributed by atoms with Crippen LogP contribution in [0.2, 0.25) is 0 Å². The predicted molar refractivity (Wildman–Crippen MR) is 112 cm³/mol. The number of β-amino-alcohol motifs (C(OH)–C–C–N with tert-alkyl or cyclic N) is 1. The molecule has 1 aromatic carbocycles. The fourth-order valence-corrected chi connectivity index (χ4v) is 5.42. The summed E-state index contributed by atoms with van der Waals surface area (Å²) in [6.45, 7) is 5.83. The van der Waals surface area contributed by atoms with Crippen LogP contribution < -0.4 is 9.47 Å². The van der Waals surface area contributed by atoms with Gasteiger partial charge < -0.3 is 14.6 Å². The van der Waals surface area contributed by atoms with Gasteiger partial charge in [0.15, 0.2) is 5.16 Å². The number of benzene rings is 1. The number of thioether (sulfide) groups is 1. The number of methoxy groups -OCH3 is 2. The Morgan fingerprint density at radius 2 is 2.00 bits per heavy atom. The fraction of sp³-hybridized carbons (Fsp3) is 0.550. The molecule has 1 N–H and O–H groups in total. The van der Waals surface area contributed by atoms with Gasteiger partial charge in [-0.15, -0.1) is 5.10 Å². The maximum Gasteiger partial charge on any atom is 0.264 e. The van der Waals surface area contributed by atoms with Gasteiger partial charge in [0, 0.05) is 38.3 Å². The van der Waals surface area contributed by atoms with Crippen molar-refractivity contribution in [1.29, 1.82) is 0 Å². The van der Waals surface area contributed by atoms with Crippen molar-refractivity contribution >= 4 is 17.7 Å². The maximum atomic E-state index is 13.3. The molecular formula is C20H27N5O4S. The van der Waals surface area contributed by atoms with E-state index < -0.39 is 0 Å². The van der Waals surface area contributed by atoms with Crippen molar-refractivity contribution in [3.63, 3.8) is 0 Å². The average molecular weight is 434 g/mol. The predicted octanol–water partition coefficient (Wildman–Crippen LogP) is 1.07. The van der Waals surface area contributed by atoms with Gasteiger partial charge in [-0.1, -0.05) is 11.8 Å². The van der Waals surface area contributed by atoms with Crippen molar-refractivity contribution in [2.75, 3.05) is 53.6 Å². The molecule has 2 atom stereocenters. The van der Waals surface area contributed by atoms with Gasteiger partial charge in [-0.2, -0.15) is 4.68 Å². The zero-order valence-electron chi connectivity index (χ0n) is 17.4. The first-order valence-corrected chi connectivity index (χ1v) is 10.9. The van der Waals surface area contributed by atoms with E-state index in [9.17, 15) is 9.90 Å². The molecule has 10 heteroatoms. The number of nitrogens with zero attached hydrogens (tertiary/aromatic N) is 5. The highest BCUT2D eigenvalue weighted by Crippen LogP contribution is 2.44. The van der Waals surface area contributed by atoms with Crippen molar-refractivity contribution in [3.8, 4) is 11.5 Å². The third-order valence-corrected chi connectivity index (χ3v) is 6.82. The molecule has 2 aliphatic rings. The summed E-state index contributed by atoms with van der Waals surface area (Å²) in [7, 11) is 3.27. The second-order valence-corrected chi connectivity index (χ2v) is 8.49. The molecule has 2 aromatic rings. The monoisotopic (exact) mass is 433 g/mol. The zero-order chi connectivity index (χ0) is 21.3. The van der Waals surface area contributed by atoms with Crippen LogP contribution in [0.5, 0.6) is 11.5 Å². The average Bonchev–Trinajstić information content (AvgIpc) is 3.26. The van der Waals surface area contributed by atoms with Crippen molar-refractivity contribution < 1.29 is 19.4 Å². The molecule has 0 saturated carbocycles. The number of ether oxygens (including phenoxy) is 2. The summed E-state index contributed by atoms with van der Waals surface area (Å²) in [6, 6.07) is 5.48. The van der Waals surface area contributed by atoms with Crippen LogP contribution in [-0.4, -0.2) is 94.4 Å². The molecule has 0 amide bonds. The summed E-state index contributed by atoms with van der Waals surface area (Å²) >= 11 is 1.45. The van der Waals surface area contributed by atoms with Gasteiger partial charge in [0.05, 0.1) is 26.9 Å². The number of rotatable bonds is 7. The molecule has 0 bridgehead atoms. The Hall–Kier alpha value is -2.14. The Morgan fingerprint density at radius 1 is 1.23 bits per heavy atom. The molecule has 0 spiro atoms. The topological polar surface area (TPSA) is 93.0 Å². The number of hydrogen-bond donors (Lipinski definition) is 1. The van der Waals surface area contributed by atoms with Crippen LogP contribution in [0, 0.1) is 6.92 Å². The van der Waals surface area contributed by atoms with E-state index in [1.54, 1.807) is 21.1 Å². The van der Waals surface area contributed by atoms with Crippen molar-refractivity contribution in [2.24, 2.45) is 0 Å². The second kappa shape index (κ2) is 8.93. The smallest absolute Gasteiger partial charge is 0.264 e. The van der Waals surface area contributed by atoms with E-state index in [4.69, 9.17) is 9.47 Å². The number of aliphatic hydroxyl groups is 1. The molecule has 1 fully saturated rings. The molecule has 9 nitrogen and oxygen atoms in total. The normalized spacial score (nSPS) is 20.9. The molecule has 0 aliphatic carbocycles. The summed E-state index contributed by atoms with van der Waals surface area (Å²) < 4.78 is 12.5. The fourth-order valence-electron chi connectivity index (χ4n) is 4.13. The van der Waals surface area contributed by atoms with Crippen LogP contribution >= 0.6 is 11.8 Å². The van der Waals surface area contributed by atoms with Gasteiger partial charge in [-0.05, 0) is 25.1 Å². The quantitative estimate of drug-likeness (QED) is 0.688. The summed E-state index contributed by atoms with van der Waals surface area (Å²) in [5.41, 5.74) is 0.917. The first kappa shape index (κ1) is 21.1. The minimum absolute atomic E-state index is 0.0664. The third-order valence-electron chi connectivity index (χ3n) is 5.63. The molecule has 2 unspecified atom stereocenters. The number of aliphatic hydroxyl groups excluding tert-OH is 1. The summed E-state index contributed by atoms with van der Waals surface area (Å²) in [6.07, 6.45) is 0. The molecule has 1 aromatic heterocycles. The van der Waals surface area contributed by atoms with E-state index in [2.05, 4.69) is 19.9 Å². The Labute approximate surface area is 180 Å². The lowest BCUT2D eigenvalue weighted by Gasteiger charge is -2.41. The minimum atomic E-state index is -0.383. The highest BCUT2D eigenvalue weighted by atomic mass is 32.2. The number of aryl methyl sites for hydroxylation is 1. The molecule has 0 radical (unpaired) electrons. The Kier molecular flexibility index (Phi) is 6.28. The standard InChI is InChI=1S/C20H27N5O4S/c1-13-21-20-25(22-13)19(27)18(30-20)17(24-8-6-23(7-9-24)10-11-26)15-12-14(28-2)4-5-16(15)29-3/h4-5,12,17-18,26H,6-11H2,1-3H3. The first-order chi connectivity index (χ1) is 14.5. The summed E-state index contributed by atoms with van der Waals surface area (Å²) in [5, 5.41) is 13.8. The van der Waals surface area contributed by atoms with Crippen LogP contribution in [0.1, 0.15) is 22.2 Å². The van der Waals surface area contributed by atoms with Crippen LogP contribution in [0.4, 0.5) is 0 Å². The highest BCUT2D eigenvalue weighted by Gasteiger charge is 2.44. The number of piperazine rings is 1. The van der Waals surface area contributed by atoms with E-state index in [1.165, 1.54) is 16.4 Å². The lowest BCUT2D eigenvalue weighted by Crippen LogP contribution is -2.51. The van der Waals surface area contributed by atoms with Crippen molar-refractivity contribution in [1.82, 2.24) is 24.6 Å². The first-order valence-electron chi connectivity index (χ1n) is 9.99. The molecule has 1 saturated heterocycles. The molecule has 2 aliphatic heterocycles. The van der Waals surface area contributed by atoms with Crippen LogP contribution in [-0.2, 0) is 0 Å². The van der Waals surface area contributed by atoms with Gasteiger partial charge in [0.25, 0.3) is 5.91 Å². The molecule has 162 valence electrons. The number of hydrogen-bond acceptors (Lipinski definition) is 9. The Balaban J connectivity index is 1.70. The second-order valence-electron chi connectivity index (χ2n) is 7.38. The lowest BCUT2D eigenvalue weighted by molar-refractivity contribution is 0.0683. The van der Waals surface area contributed by atoms with E-state index in [-0.39, 0.29) is 23.8 Å². The molecule has 4 rings (SSSR count). The lowest BCUT2D eigenvalue weighted by atomic mass is 9.98. The molecular weight excluding hydrogens is 406 g/mol. The third kappa shape index (κ3) is 3.92. The Morgan fingerprint density at radius 3 is 2.63 bits per heavy atom. The summed E-state index contributed by atoms with van der Waals surface area (Å²) in [4.78, 5) is 22.2. The van der Waals surface area contributed by atoms with E-state index in [1.807, 2.05) is 18.2 Å². The Bertz CT molecular complexity index is 913. The van der Waals surface area contributed by atoms with Gasteiger partial charge in [0.2, 0.25) is 0 Å². The number of aromatic nitrogens is 3. The van der Waals surface area contributed by atoms with Gasteiger partial charge in [-0.25, -0.2) is 4.98 Å². The molecule has 30 heavy (non-hydrogen) atoms. The van der Waals surface area contributed by atoms with Crippen molar-refractivity contribution in [2.45, 2.75) is 23.4 Å². The minimum Gasteiger partial charge on any atom is -0.497 e. The van der Waals surface area contributed by atoms with Crippen molar-refractivity contribution in [3.05, 3.63) is 29.6 Å². The van der Waals surface area contributed by atoms with Gasteiger partial charge in [0.1, 0.15) is 22.6 Å². The number of carbonyl (C=O) groups excluding carboxylic acids is 1. The van der Waals surface area contributed by atoms with Gasteiger partial charge >= 0.3 is 0 Å². The van der Waals surface area contributed by atoms with Gasteiger partial charge in [-0.3, -0.25) is 14.6 Å². The zero-order valence-corrected chi connectivity index (χ0v) is 18.3. The largest absolute Gasteiger partial charge is 0.497 e. The van der Waals surface area contributed by atoms with E-state index in [0.717, 1.165) is 43.2 Å². The maximum absolute atomic E-state index is 13.3. The molecule has 3 heterocycles. The number of fused-ring (bicyclic) bond motifs is 1. The highest BCUT2D eigenvalue weighted by molar-refractivity contribution is 8.00. The summed E-state index contributed by atoms with van der Waals surface area (Å²) in [5.74, 6) is 1.97.